The Balaban J connectivity index is 1.52. The van der Waals surface area contributed by atoms with Crippen LogP contribution in [-0.4, -0.2) is 72.2 Å². The second kappa shape index (κ2) is 7.34. The van der Waals surface area contributed by atoms with E-state index in [1.165, 1.54) is 20.0 Å². The lowest BCUT2D eigenvalue weighted by molar-refractivity contribution is -0.168. The summed E-state index contributed by atoms with van der Waals surface area (Å²) in [6, 6.07) is 7.73. The number of piperazine rings is 1. The van der Waals surface area contributed by atoms with Crippen molar-refractivity contribution in [2.45, 2.75) is 30.8 Å². The van der Waals surface area contributed by atoms with E-state index in [0.717, 1.165) is 11.1 Å². The zero-order valence-electron chi connectivity index (χ0n) is 15.4. The molecule has 0 unspecified atom stereocenters. The number of carbonyl (C=O) groups excluding carboxylic acids is 2. The predicted molar refractivity (Wildman–Crippen MR) is 98.7 cm³/mol. The van der Waals surface area contributed by atoms with Gasteiger partial charge in [-0.25, -0.2) is 0 Å². The molecule has 1 saturated carbocycles. The van der Waals surface area contributed by atoms with Crippen LogP contribution in [0.15, 0.2) is 24.3 Å². The molecule has 4 rings (SSSR count). The van der Waals surface area contributed by atoms with E-state index >= 15 is 0 Å². The average molecular weight is 368 g/mol. The number of aliphatic hydroxyl groups excluding tert-OH is 1. The third-order valence-corrected chi connectivity index (χ3v) is 5.67. The molecule has 1 aliphatic carbocycles. The van der Waals surface area contributed by atoms with E-state index in [1.807, 2.05) is 24.3 Å². The van der Waals surface area contributed by atoms with Gasteiger partial charge in [0.2, 0.25) is 11.8 Å². The van der Waals surface area contributed by atoms with E-state index in [-0.39, 0.29) is 49.6 Å². The van der Waals surface area contributed by atoms with Crippen LogP contribution < -0.4 is 0 Å². The van der Waals surface area contributed by atoms with E-state index < -0.39 is 0 Å². The van der Waals surface area contributed by atoms with Crippen molar-refractivity contribution >= 4 is 11.8 Å². The molecule has 1 N–H and O–H groups in total. The number of aliphatic hydroxyl groups is 1. The fourth-order valence-electron chi connectivity index (χ4n) is 4.11. The standard InChI is InChI=1S/C21H24N2O4/c1-27-13-20(26)22-10-17-21(18(12-24)23(17)19(25)11-22)16-8-6-15(7-9-16)5-4-14-2-3-14/h6-9,14,17-18,21,24H,2-3,10-13H2,1H3/t17-,18-,21-/m1/s1. The molecule has 0 aromatic heterocycles. The molecule has 0 radical (unpaired) electrons. The highest BCUT2D eigenvalue weighted by Gasteiger charge is 2.54. The van der Waals surface area contributed by atoms with Gasteiger partial charge in [0.15, 0.2) is 0 Å². The van der Waals surface area contributed by atoms with E-state index in [9.17, 15) is 14.7 Å². The summed E-state index contributed by atoms with van der Waals surface area (Å²) < 4.78 is 4.91. The van der Waals surface area contributed by atoms with Crippen LogP contribution in [0.4, 0.5) is 0 Å². The molecule has 2 aliphatic heterocycles. The smallest absolute Gasteiger partial charge is 0.249 e. The monoisotopic (exact) mass is 368 g/mol. The molecule has 1 aromatic rings. The molecule has 27 heavy (non-hydrogen) atoms. The van der Waals surface area contributed by atoms with Crippen LogP contribution in [0.25, 0.3) is 0 Å². The Labute approximate surface area is 159 Å². The molecule has 2 heterocycles. The summed E-state index contributed by atoms with van der Waals surface area (Å²) in [6.07, 6.45) is 2.41. The quantitative estimate of drug-likeness (QED) is 0.790. The van der Waals surface area contributed by atoms with Crippen molar-refractivity contribution in [2.75, 3.05) is 33.4 Å². The van der Waals surface area contributed by atoms with Gasteiger partial charge in [-0.1, -0.05) is 24.0 Å². The Morgan fingerprint density at radius 2 is 2.04 bits per heavy atom. The molecule has 142 valence electrons. The Bertz CT molecular complexity index is 791. The topological polar surface area (TPSA) is 70.1 Å². The Morgan fingerprint density at radius 1 is 1.30 bits per heavy atom. The first kappa shape index (κ1) is 18.0. The molecule has 6 nitrogen and oxygen atoms in total. The van der Waals surface area contributed by atoms with Crippen molar-refractivity contribution in [1.82, 2.24) is 9.80 Å². The summed E-state index contributed by atoms with van der Waals surface area (Å²) in [6.45, 7) is 0.417. The van der Waals surface area contributed by atoms with Crippen molar-refractivity contribution in [2.24, 2.45) is 5.92 Å². The van der Waals surface area contributed by atoms with Gasteiger partial charge in [-0.2, -0.15) is 0 Å². The van der Waals surface area contributed by atoms with Crippen LogP contribution in [0.1, 0.15) is 29.9 Å². The fraction of sp³-hybridized carbons (Fsp3) is 0.524. The number of amides is 2. The minimum atomic E-state index is -0.231. The summed E-state index contributed by atoms with van der Waals surface area (Å²) in [7, 11) is 1.47. The molecule has 3 aliphatic rings. The van der Waals surface area contributed by atoms with Crippen LogP contribution in [-0.2, 0) is 14.3 Å². The van der Waals surface area contributed by atoms with E-state index in [0.29, 0.717) is 12.5 Å². The Kier molecular flexibility index (Phi) is 4.90. The highest BCUT2D eigenvalue weighted by molar-refractivity contribution is 5.88. The summed E-state index contributed by atoms with van der Waals surface area (Å²) >= 11 is 0. The second-order valence-corrected chi connectivity index (χ2v) is 7.52. The summed E-state index contributed by atoms with van der Waals surface area (Å²) in [5.41, 5.74) is 2.06. The molecule has 3 fully saturated rings. The lowest BCUT2D eigenvalue weighted by Gasteiger charge is -2.58. The number of fused-ring (bicyclic) bond motifs is 1. The number of hydrogen-bond donors (Lipinski definition) is 1. The van der Waals surface area contributed by atoms with Crippen molar-refractivity contribution in [3.63, 3.8) is 0 Å². The van der Waals surface area contributed by atoms with Gasteiger partial charge in [-0.05, 0) is 30.5 Å². The number of benzene rings is 1. The van der Waals surface area contributed by atoms with Crippen molar-refractivity contribution in [1.29, 1.82) is 0 Å². The van der Waals surface area contributed by atoms with Crippen molar-refractivity contribution < 1.29 is 19.4 Å². The van der Waals surface area contributed by atoms with Gasteiger partial charge in [0, 0.05) is 31.1 Å². The van der Waals surface area contributed by atoms with Crippen LogP contribution in [0.3, 0.4) is 0 Å². The van der Waals surface area contributed by atoms with E-state index in [1.54, 1.807) is 9.80 Å². The average Bonchev–Trinajstić information content (AvgIpc) is 3.47. The molecular weight excluding hydrogens is 344 g/mol. The normalized spacial score (nSPS) is 26.7. The minimum Gasteiger partial charge on any atom is -0.394 e. The predicted octanol–water partition coefficient (Wildman–Crippen LogP) is 0.592. The molecule has 2 saturated heterocycles. The van der Waals surface area contributed by atoms with Crippen LogP contribution in [0, 0.1) is 17.8 Å². The maximum absolute atomic E-state index is 12.5. The molecule has 3 atom stereocenters. The third-order valence-electron chi connectivity index (χ3n) is 5.67. The second-order valence-electron chi connectivity index (χ2n) is 7.52. The van der Waals surface area contributed by atoms with Gasteiger partial charge in [0.1, 0.15) is 6.61 Å². The Morgan fingerprint density at radius 3 is 2.67 bits per heavy atom. The number of hydrogen-bond acceptors (Lipinski definition) is 4. The first-order chi connectivity index (χ1) is 13.1. The van der Waals surface area contributed by atoms with E-state index in [2.05, 4.69) is 11.8 Å². The summed E-state index contributed by atoms with van der Waals surface area (Å²) in [4.78, 5) is 27.9. The highest BCUT2D eigenvalue weighted by atomic mass is 16.5. The number of methoxy groups -OCH3 is 1. The molecule has 6 heteroatoms. The third kappa shape index (κ3) is 3.45. The van der Waals surface area contributed by atoms with Crippen LogP contribution >= 0.6 is 0 Å². The molecule has 0 bridgehead atoms. The molecule has 1 aromatic carbocycles. The van der Waals surface area contributed by atoms with Crippen LogP contribution in [0.2, 0.25) is 0 Å². The molecular formula is C21H24N2O4. The zero-order chi connectivity index (χ0) is 19.0. The van der Waals surface area contributed by atoms with Crippen LogP contribution in [0.5, 0.6) is 0 Å². The maximum atomic E-state index is 12.5. The van der Waals surface area contributed by atoms with E-state index in [4.69, 9.17) is 4.74 Å². The first-order valence-corrected chi connectivity index (χ1v) is 9.42. The number of nitrogens with zero attached hydrogens (tertiary/aromatic N) is 2. The summed E-state index contributed by atoms with van der Waals surface area (Å²) in [5, 5.41) is 9.82. The van der Waals surface area contributed by atoms with Crippen molar-refractivity contribution in [3.8, 4) is 11.8 Å². The van der Waals surface area contributed by atoms with Crippen molar-refractivity contribution in [3.05, 3.63) is 35.4 Å². The SMILES string of the molecule is COCC(=O)N1CC(=O)N2[C@H](CO)[C@H](c3ccc(C#CC4CC4)cc3)[C@H]2C1. The largest absolute Gasteiger partial charge is 0.394 e. The summed E-state index contributed by atoms with van der Waals surface area (Å²) in [5.74, 6) is 6.74. The molecule has 0 spiro atoms. The van der Waals surface area contributed by atoms with Gasteiger partial charge in [-0.3, -0.25) is 9.59 Å². The number of ether oxygens (including phenoxy) is 1. The fourth-order valence-corrected chi connectivity index (χ4v) is 4.11. The minimum absolute atomic E-state index is 0.0162. The maximum Gasteiger partial charge on any atom is 0.249 e. The van der Waals surface area contributed by atoms with Gasteiger partial charge in [-0.15, -0.1) is 0 Å². The van der Waals surface area contributed by atoms with Gasteiger partial charge in [0.05, 0.1) is 25.2 Å². The van der Waals surface area contributed by atoms with Gasteiger partial charge >= 0.3 is 0 Å². The lowest BCUT2D eigenvalue weighted by atomic mass is 9.73. The van der Waals surface area contributed by atoms with Gasteiger partial charge in [0.25, 0.3) is 0 Å². The Hall–Kier alpha value is -2.36. The number of rotatable bonds is 4. The zero-order valence-corrected chi connectivity index (χ0v) is 15.4. The molecule has 2 amide bonds. The lowest BCUT2D eigenvalue weighted by Crippen LogP contribution is -2.73. The first-order valence-electron chi connectivity index (χ1n) is 9.42. The highest BCUT2D eigenvalue weighted by Crippen LogP contribution is 2.42. The number of carbonyl (C=O) groups is 2. The van der Waals surface area contributed by atoms with Gasteiger partial charge < -0.3 is 19.6 Å².